The molecule has 0 amide bonds. The fourth-order valence-corrected chi connectivity index (χ4v) is 2.72. The molecule has 3 aromatic rings. The number of hydrogen-bond acceptors (Lipinski definition) is 2. The highest BCUT2D eigenvalue weighted by Crippen LogP contribution is 2.33. The van der Waals surface area contributed by atoms with Crippen LogP contribution in [0.25, 0.3) is 10.9 Å². The monoisotopic (exact) mass is 266 g/mol. The lowest BCUT2D eigenvalue weighted by Gasteiger charge is -2.16. The second kappa shape index (κ2) is 5.37. The van der Waals surface area contributed by atoms with Gasteiger partial charge >= 0.3 is 0 Å². The Bertz CT molecular complexity index is 703. The van der Waals surface area contributed by atoms with Gasteiger partial charge in [-0.2, -0.15) is 0 Å². The summed E-state index contributed by atoms with van der Waals surface area (Å²) in [6, 6.07) is 12.4. The summed E-state index contributed by atoms with van der Waals surface area (Å²) >= 11 is 0. The maximum atomic E-state index is 5.52. The SMILES string of the molecule is CCC(c1cc(OC)c2cc[nH]c2c1)c1ccccn1. The van der Waals surface area contributed by atoms with E-state index in [1.807, 2.05) is 30.6 Å². The standard InChI is InChI=1S/C17H18N2O/c1-3-13(15-6-4-5-8-18-15)12-10-16-14(7-9-19-16)17(11-12)20-2/h4-11,13,19H,3H2,1-2H3. The zero-order chi connectivity index (χ0) is 13.9. The average molecular weight is 266 g/mol. The van der Waals surface area contributed by atoms with Crippen LogP contribution in [-0.4, -0.2) is 17.1 Å². The highest BCUT2D eigenvalue weighted by molar-refractivity contribution is 5.86. The maximum absolute atomic E-state index is 5.52. The Kier molecular flexibility index (Phi) is 3.42. The Morgan fingerprint density at radius 1 is 1.25 bits per heavy atom. The van der Waals surface area contributed by atoms with E-state index < -0.39 is 0 Å². The van der Waals surface area contributed by atoms with Crippen LogP contribution in [0.3, 0.4) is 0 Å². The average Bonchev–Trinajstić information content (AvgIpc) is 2.97. The molecule has 1 aromatic carbocycles. The number of ether oxygens (including phenoxy) is 1. The van der Waals surface area contributed by atoms with E-state index in [1.165, 1.54) is 5.56 Å². The molecule has 3 heteroatoms. The first kappa shape index (κ1) is 12.7. The molecule has 1 atom stereocenters. The number of aromatic amines is 1. The van der Waals surface area contributed by atoms with Crippen LogP contribution in [0.15, 0.2) is 48.8 Å². The summed E-state index contributed by atoms with van der Waals surface area (Å²) in [4.78, 5) is 7.76. The van der Waals surface area contributed by atoms with Crippen molar-refractivity contribution in [2.24, 2.45) is 0 Å². The largest absolute Gasteiger partial charge is 0.496 e. The highest BCUT2D eigenvalue weighted by atomic mass is 16.5. The highest BCUT2D eigenvalue weighted by Gasteiger charge is 2.16. The Morgan fingerprint density at radius 3 is 2.85 bits per heavy atom. The minimum Gasteiger partial charge on any atom is -0.496 e. The molecule has 0 aliphatic heterocycles. The van der Waals surface area contributed by atoms with Crippen LogP contribution in [0.1, 0.15) is 30.5 Å². The van der Waals surface area contributed by atoms with E-state index >= 15 is 0 Å². The summed E-state index contributed by atoms with van der Waals surface area (Å²) in [7, 11) is 1.72. The summed E-state index contributed by atoms with van der Waals surface area (Å²) in [6.07, 6.45) is 4.80. The predicted molar refractivity (Wildman–Crippen MR) is 81.2 cm³/mol. The van der Waals surface area contributed by atoms with Crippen molar-refractivity contribution in [1.29, 1.82) is 0 Å². The first-order chi connectivity index (χ1) is 9.83. The lowest BCUT2D eigenvalue weighted by atomic mass is 9.92. The van der Waals surface area contributed by atoms with Gasteiger partial charge in [0.2, 0.25) is 0 Å². The summed E-state index contributed by atoms with van der Waals surface area (Å²) in [5, 5.41) is 1.12. The number of nitrogens with one attached hydrogen (secondary N) is 1. The molecule has 0 radical (unpaired) electrons. The van der Waals surface area contributed by atoms with Gasteiger partial charge in [-0.25, -0.2) is 0 Å². The van der Waals surface area contributed by atoms with Crippen molar-refractivity contribution in [2.75, 3.05) is 7.11 Å². The number of rotatable bonds is 4. The van der Waals surface area contributed by atoms with Gasteiger partial charge in [-0.05, 0) is 42.3 Å². The number of methoxy groups -OCH3 is 1. The number of fused-ring (bicyclic) bond motifs is 1. The van der Waals surface area contributed by atoms with Crippen LogP contribution in [0.4, 0.5) is 0 Å². The smallest absolute Gasteiger partial charge is 0.128 e. The zero-order valence-electron chi connectivity index (χ0n) is 11.8. The topological polar surface area (TPSA) is 37.9 Å². The van der Waals surface area contributed by atoms with Crippen molar-refractivity contribution < 1.29 is 4.74 Å². The molecule has 2 aromatic heterocycles. The minimum atomic E-state index is 0.290. The quantitative estimate of drug-likeness (QED) is 0.771. The number of nitrogens with zero attached hydrogens (tertiary/aromatic N) is 1. The number of H-pyrrole nitrogens is 1. The molecule has 0 saturated heterocycles. The third-order valence-electron chi connectivity index (χ3n) is 3.73. The normalized spacial score (nSPS) is 12.5. The second-order valence-electron chi connectivity index (χ2n) is 4.88. The van der Waals surface area contributed by atoms with Gasteiger partial charge in [-0.15, -0.1) is 0 Å². The molecular weight excluding hydrogens is 248 g/mol. The van der Waals surface area contributed by atoms with Crippen molar-refractivity contribution in [1.82, 2.24) is 9.97 Å². The van der Waals surface area contributed by atoms with Crippen molar-refractivity contribution in [3.63, 3.8) is 0 Å². The molecule has 0 spiro atoms. The van der Waals surface area contributed by atoms with Crippen LogP contribution in [0, 0.1) is 0 Å². The number of aromatic nitrogens is 2. The van der Waals surface area contributed by atoms with E-state index in [9.17, 15) is 0 Å². The number of pyridine rings is 1. The molecule has 0 saturated carbocycles. The lowest BCUT2D eigenvalue weighted by molar-refractivity contribution is 0.419. The molecule has 0 aliphatic carbocycles. The second-order valence-corrected chi connectivity index (χ2v) is 4.88. The van der Waals surface area contributed by atoms with Crippen LogP contribution < -0.4 is 4.74 Å². The van der Waals surface area contributed by atoms with E-state index in [2.05, 4.69) is 35.1 Å². The molecule has 0 bridgehead atoms. The number of hydrogen-bond donors (Lipinski definition) is 1. The molecule has 3 nitrogen and oxygen atoms in total. The van der Waals surface area contributed by atoms with Crippen molar-refractivity contribution in [2.45, 2.75) is 19.3 Å². The zero-order valence-corrected chi connectivity index (χ0v) is 11.8. The van der Waals surface area contributed by atoms with Crippen molar-refractivity contribution >= 4 is 10.9 Å². The van der Waals surface area contributed by atoms with Gasteiger partial charge in [-0.1, -0.05) is 13.0 Å². The summed E-state index contributed by atoms with van der Waals surface area (Å²) < 4.78 is 5.52. The summed E-state index contributed by atoms with van der Waals surface area (Å²) in [6.45, 7) is 2.19. The number of benzene rings is 1. The Hall–Kier alpha value is -2.29. The van der Waals surface area contributed by atoms with Crippen LogP contribution in [0.5, 0.6) is 5.75 Å². The lowest BCUT2D eigenvalue weighted by Crippen LogP contribution is -2.02. The third kappa shape index (κ3) is 2.16. The Balaban J connectivity index is 2.12. The fraction of sp³-hybridized carbons (Fsp3) is 0.235. The molecular formula is C17H18N2O. The molecule has 1 unspecified atom stereocenters. The van der Waals surface area contributed by atoms with Crippen LogP contribution in [-0.2, 0) is 0 Å². The van der Waals surface area contributed by atoms with Gasteiger partial charge in [0.1, 0.15) is 5.75 Å². The third-order valence-corrected chi connectivity index (χ3v) is 3.73. The first-order valence-corrected chi connectivity index (χ1v) is 6.89. The van der Waals surface area contributed by atoms with Crippen molar-refractivity contribution in [3.8, 4) is 5.75 Å². The summed E-state index contributed by atoms with van der Waals surface area (Å²) in [5.41, 5.74) is 3.44. The van der Waals surface area contributed by atoms with Gasteiger partial charge in [0.15, 0.2) is 0 Å². The van der Waals surface area contributed by atoms with Crippen molar-refractivity contribution in [3.05, 3.63) is 60.0 Å². The predicted octanol–water partition coefficient (Wildman–Crippen LogP) is 4.11. The van der Waals surface area contributed by atoms with E-state index in [0.29, 0.717) is 0 Å². The van der Waals surface area contributed by atoms with Crippen LogP contribution in [0.2, 0.25) is 0 Å². The first-order valence-electron chi connectivity index (χ1n) is 6.89. The fourth-order valence-electron chi connectivity index (χ4n) is 2.72. The Labute approximate surface area is 118 Å². The van der Waals surface area contributed by atoms with Gasteiger partial charge in [0.05, 0.1) is 7.11 Å². The molecule has 0 aliphatic rings. The van der Waals surface area contributed by atoms with Gasteiger partial charge in [0, 0.05) is 34.9 Å². The molecule has 102 valence electrons. The molecule has 2 heterocycles. The van der Waals surface area contributed by atoms with Gasteiger partial charge in [-0.3, -0.25) is 4.98 Å². The van der Waals surface area contributed by atoms with Gasteiger partial charge in [0.25, 0.3) is 0 Å². The summed E-state index contributed by atoms with van der Waals surface area (Å²) in [5.74, 6) is 1.20. The molecule has 20 heavy (non-hydrogen) atoms. The van der Waals surface area contributed by atoms with Crippen LogP contribution >= 0.6 is 0 Å². The van der Waals surface area contributed by atoms with E-state index in [4.69, 9.17) is 4.74 Å². The molecule has 1 N–H and O–H groups in total. The molecule has 3 rings (SSSR count). The van der Waals surface area contributed by atoms with E-state index in [1.54, 1.807) is 7.11 Å². The van der Waals surface area contributed by atoms with E-state index in [-0.39, 0.29) is 5.92 Å². The van der Waals surface area contributed by atoms with E-state index in [0.717, 1.165) is 28.8 Å². The van der Waals surface area contributed by atoms with Gasteiger partial charge < -0.3 is 9.72 Å². The maximum Gasteiger partial charge on any atom is 0.128 e. The minimum absolute atomic E-state index is 0.290. The molecule has 0 fully saturated rings. The Morgan fingerprint density at radius 2 is 2.15 bits per heavy atom.